The van der Waals surface area contributed by atoms with E-state index in [1.54, 1.807) is 0 Å². The number of fused-ring (bicyclic) bond motifs is 1. The molecule has 0 spiro atoms. The predicted octanol–water partition coefficient (Wildman–Crippen LogP) is 2.86. The van der Waals surface area contributed by atoms with E-state index in [9.17, 15) is 0 Å². The summed E-state index contributed by atoms with van der Waals surface area (Å²) < 4.78 is 0. The van der Waals surface area contributed by atoms with E-state index in [0.29, 0.717) is 0 Å². The second-order valence-corrected chi connectivity index (χ2v) is 2.66. The first-order valence-corrected chi connectivity index (χ1v) is 3.48. The molecule has 0 atom stereocenters. The Morgan fingerprint density at radius 2 is 1.91 bits per heavy atom. The summed E-state index contributed by atoms with van der Waals surface area (Å²) in [6, 6.07) is 12.8. The predicted molar refractivity (Wildman–Crippen MR) is 44.3 cm³/mol. The van der Waals surface area contributed by atoms with Crippen LogP contribution in [0.15, 0.2) is 36.4 Å². The van der Waals surface area contributed by atoms with Gasteiger partial charge in [-0.15, -0.1) is 40.6 Å². The topological polar surface area (TPSA) is 0 Å². The van der Waals surface area contributed by atoms with Crippen molar-refractivity contribution in [2.45, 2.75) is 6.92 Å². The van der Waals surface area contributed by atoms with Gasteiger partial charge >= 0.3 is 0 Å². The van der Waals surface area contributed by atoms with Crippen LogP contribution in [-0.4, -0.2) is 0 Å². The van der Waals surface area contributed by atoms with Gasteiger partial charge in [0.15, 0.2) is 0 Å². The van der Waals surface area contributed by atoms with E-state index >= 15 is 0 Å². The molecule has 0 heterocycles. The van der Waals surface area contributed by atoms with Crippen molar-refractivity contribution >= 4 is 10.8 Å². The SMILES string of the molecule is Cc1cc2ccccc2[cH-]1.[Sc]. The molecule has 0 amide bonds. The summed E-state index contributed by atoms with van der Waals surface area (Å²) in [5.41, 5.74) is 1.35. The van der Waals surface area contributed by atoms with E-state index < -0.39 is 0 Å². The first-order chi connectivity index (χ1) is 4.86. The Morgan fingerprint density at radius 1 is 1.18 bits per heavy atom. The summed E-state index contributed by atoms with van der Waals surface area (Å²) in [6.45, 7) is 2.12. The molecule has 0 aliphatic carbocycles. The number of hydrogen-bond donors (Lipinski definition) is 0. The van der Waals surface area contributed by atoms with Crippen LogP contribution in [0.3, 0.4) is 0 Å². The average Bonchev–Trinajstić information content (AvgIpc) is 2.27. The number of rotatable bonds is 0. The second-order valence-electron chi connectivity index (χ2n) is 2.66. The van der Waals surface area contributed by atoms with Gasteiger partial charge in [0.1, 0.15) is 0 Å². The van der Waals surface area contributed by atoms with E-state index in [2.05, 4.69) is 43.3 Å². The Kier molecular flexibility index (Phi) is 2.72. The maximum atomic E-state index is 2.20. The summed E-state index contributed by atoms with van der Waals surface area (Å²) in [4.78, 5) is 0. The molecule has 0 bridgehead atoms. The fourth-order valence-electron chi connectivity index (χ4n) is 1.31. The zero-order valence-electron chi connectivity index (χ0n) is 6.54. The van der Waals surface area contributed by atoms with Crippen molar-refractivity contribution in [3.05, 3.63) is 42.0 Å². The van der Waals surface area contributed by atoms with Gasteiger partial charge in [0.05, 0.1) is 0 Å². The minimum atomic E-state index is 0. The molecule has 2 aromatic carbocycles. The molecule has 0 aromatic heterocycles. The van der Waals surface area contributed by atoms with Crippen molar-refractivity contribution in [2.75, 3.05) is 0 Å². The van der Waals surface area contributed by atoms with Gasteiger partial charge in [-0.3, -0.25) is 0 Å². The Morgan fingerprint density at radius 3 is 2.64 bits per heavy atom. The van der Waals surface area contributed by atoms with E-state index in [-0.39, 0.29) is 25.8 Å². The van der Waals surface area contributed by atoms with E-state index in [0.717, 1.165) is 0 Å². The van der Waals surface area contributed by atoms with Gasteiger partial charge in [-0.25, -0.2) is 0 Å². The molecule has 0 fully saturated rings. The Hall–Kier alpha value is -0.300. The van der Waals surface area contributed by atoms with Gasteiger partial charge in [-0.1, -0.05) is 13.0 Å². The van der Waals surface area contributed by atoms with Gasteiger partial charge in [0.25, 0.3) is 0 Å². The van der Waals surface area contributed by atoms with Crippen LogP contribution in [0.4, 0.5) is 0 Å². The van der Waals surface area contributed by atoms with Crippen LogP contribution in [0.1, 0.15) is 5.56 Å². The van der Waals surface area contributed by atoms with Crippen LogP contribution < -0.4 is 0 Å². The molecule has 0 N–H and O–H groups in total. The quantitative estimate of drug-likeness (QED) is 0.538. The second kappa shape index (κ2) is 3.40. The minimum Gasteiger partial charge on any atom is -0.165 e. The molecule has 0 aliphatic heterocycles. The van der Waals surface area contributed by atoms with Crippen LogP contribution in [0.2, 0.25) is 0 Å². The average molecular weight is 174 g/mol. The largest absolute Gasteiger partial charge is 0.165 e. The van der Waals surface area contributed by atoms with Gasteiger partial charge in [-0.05, 0) is 0 Å². The van der Waals surface area contributed by atoms with Crippen molar-refractivity contribution in [3.8, 4) is 0 Å². The monoisotopic (exact) mass is 174 g/mol. The molecule has 11 heavy (non-hydrogen) atoms. The third-order valence-electron chi connectivity index (χ3n) is 1.76. The van der Waals surface area contributed by atoms with Crippen LogP contribution in [0.5, 0.6) is 0 Å². The molecular formula is C10H9Sc-. The van der Waals surface area contributed by atoms with Crippen molar-refractivity contribution in [2.24, 2.45) is 0 Å². The number of hydrogen-bond acceptors (Lipinski definition) is 0. The summed E-state index contributed by atoms with van der Waals surface area (Å²) in [5, 5.41) is 2.69. The third kappa shape index (κ3) is 1.64. The minimum absolute atomic E-state index is 0. The standard InChI is InChI=1S/C10H9.Sc/c1-8-6-9-4-2-3-5-10(9)7-8;/h2-7H,1H3;/q-1;. The van der Waals surface area contributed by atoms with Gasteiger partial charge in [0, 0.05) is 25.8 Å². The molecule has 0 saturated carbocycles. The van der Waals surface area contributed by atoms with E-state index in [4.69, 9.17) is 0 Å². The van der Waals surface area contributed by atoms with Gasteiger partial charge in [-0.2, -0.15) is 6.07 Å². The Labute approximate surface area is 85.4 Å². The zero-order valence-corrected chi connectivity index (χ0v) is 8.34. The molecule has 0 aliphatic rings. The summed E-state index contributed by atoms with van der Waals surface area (Å²) >= 11 is 0. The molecule has 2 aromatic rings. The third-order valence-corrected chi connectivity index (χ3v) is 1.76. The number of aryl methyl sites for hydroxylation is 1. The van der Waals surface area contributed by atoms with Crippen LogP contribution in [0, 0.1) is 6.92 Å². The van der Waals surface area contributed by atoms with Crippen molar-refractivity contribution < 1.29 is 25.8 Å². The van der Waals surface area contributed by atoms with Crippen LogP contribution >= 0.6 is 0 Å². The molecule has 0 unspecified atom stereocenters. The van der Waals surface area contributed by atoms with E-state index in [1.807, 2.05) is 0 Å². The van der Waals surface area contributed by atoms with Crippen molar-refractivity contribution in [1.29, 1.82) is 0 Å². The summed E-state index contributed by atoms with van der Waals surface area (Å²) in [7, 11) is 0. The Balaban J connectivity index is 0.000000605. The fourth-order valence-corrected chi connectivity index (χ4v) is 1.31. The normalized spacial score (nSPS) is 9.55. The van der Waals surface area contributed by atoms with Gasteiger partial charge < -0.3 is 0 Å². The smallest absolute Gasteiger partial charge is 0 e. The molecule has 1 radical (unpaired) electrons. The summed E-state index contributed by atoms with van der Waals surface area (Å²) in [5.74, 6) is 0. The first-order valence-electron chi connectivity index (χ1n) is 3.48. The zero-order chi connectivity index (χ0) is 6.97. The van der Waals surface area contributed by atoms with Crippen molar-refractivity contribution in [3.63, 3.8) is 0 Å². The molecule has 53 valence electrons. The van der Waals surface area contributed by atoms with Crippen LogP contribution in [-0.2, 0) is 25.8 Å². The Bertz CT molecular complexity index is 313. The molecule has 0 nitrogen and oxygen atoms in total. The fraction of sp³-hybridized carbons (Fsp3) is 0.100. The van der Waals surface area contributed by atoms with E-state index in [1.165, 1.54) is 16.3 Å². The van der Waals surface area contributed by atoms with Crippen molar-refractivity contribution in [1.82, 2.24) is 0 Å². The molecular weight excluding hydrogens is 165 g/mol. The van der Waals surface area contributed by atoms with Crippen LogP contribution in [0.25, 0.3) is 10.8 Å². The van der Waals surface area contributed by atoms with Gasteiger partial charge in [0.2, 0.25) is 0 Å². The maximum absolute atomic E-state index is 2.20. The maximum Gasteiger partial charge on any atom is 0 e. The number of benzene rings is 1. The molecule has 1 heteroatoms. The molecule has 2 rings (SSSR count). The molecule has 0 saturated heterocycles. The summed E-state index contributed by atoms with van der Waals surface area (Å²) in [6.07, 6.45) is 0. The first kappa shape index (κ1) is 8.79.